The van der Waals surface area contributed by atoms with Crippen LogP contribution in [0.15, 0.2) is 18.2 Å². The fourth-order valence-electron chi connectivity index (χ4n) is 3.65. The van der Waals surface area contributed by atoms with E-state index in [0.29, 0.717) is 5.92 Å². The maximum atomic E-state index is 11.1. The van der Waals surface area contributed by atoms with E-state index >= 15 is 0 Å². The van der Waals surface area contributed by atoms with Crippen molar-refractivity contribution in [2.75, 3.05) is 26.2 Å². The Morgan fingerprint density at radius 2 is 2.05 bits per heavy atom. The van der Waals surface area contributed by atoms with Gasteiger partial charge in [0.2, 0.25) is 0 Å². The molecule has 0 aromatic heterocycles. The zero-order valence-electron chi connectivity index (χ0n) is 13.3. The van der Waals surface area contributed by atoms with Crippen molar-refractivity contribution in [2.45, 2.75) is 45.1 Å². The molecule has 0 unspecified atom stereocenters. The Balaban J connectivity index is 1.78. The van der Waals surface area contributed by atoms with Crippen LogP contribution in [0.25, 0.3) is 0 Å². The molecule has 3 nitrogen and oxygen atoms in total. The number of piperidine rings is 1. The summed E-state index contributed by atoms with van der Waals surface area (Å²) in [6.45, 7) is 8.35. The summed E-state index contributed by atoms with van der Waals surface area (Å²) in [6.07, 6.45) is 3.76. The van der Waals surface area contributed by atoms with Gasteiger partial charge in [0.05, 0.1) is 12.2 Å². The summed E-state index contributed by atoms with van der Waals surface area (Å²) < 4.78 is 5.89. The number of likely N-dealkylation sites (tertiary alicyclic amines) is 1. The molecule has 0 atom stereocenters. The molecule has 1 aromatic rings. The Bertz CT molecular complexity index is 490. The molecule has 2 aliphatic rings. The lowest BCUT2D eigenvalue weighted by Gasteiger charge is -2.40. The predicted molar refractivity (Wildman–Crippen MR) is 84.7 cm³/mol. The first kappa shape index (κ1) is 14.9. The number of aliphatic hydroxyl groups is 1. The molecule has 1 saturated heterocycles. The van der Waals surface area contributed by atoms with Gasteiger partial charge in [0.15, 0.2) is 0 Å². The van der Waals surface area contributed by atoms with E-state index in [4.69, 9.17) is 4.74 Å². The van der Waals surface area contributed by atoms with Gasteiger partial charge in [-0.1, -0.05) is 32.0 Å². The zero-order valence-corrected chi connectivity index (χ0v) is 13.3. The monoisotopic (exact) mass is 289 g/mol. The number of benzene rings is 1. The predicted octanol–water partition coefficient (Wildman–Crippen LogP) is 2.95. The van der Waals surface area contributed by atoms with Crippen LogP contribution in [-0.4, -0.2) is 36.2 Å². The number of nitrogens with zero attached hydrogens (tertiary/aromatic N) is 1. The Morgan fingerprint density at radius 1 is 1.29 bits per heavy atom. The summed E-state index contributed by atoms with van der Waals surface area (Å²) >= 11 is 0. The number of rotatable bonds is 3. The van der Waals surface area contributed by atoms with E-state index in [1.807, 2.05) is 0 Å². The van der Waals surface area contributed by atoms with Gasteiger partial charge in [0.1, 0.15) is 5.75 Å². The van der Waals surface area contributed by atoms with Gasteiger partial charge in [-0.25, -0.2) is 0 Å². The van der Waals surface area contributed by atoms with Crippen molar-refractivity contribution in [3.8, 4) is 5.75 Å². The van der Waals surface area contributed by atoms with Crippen molar-refractivity contribution in [2.24, 2.45) is 5.92 Å². The first-order valence-electron chi connectivity index (χ1n) is 8.28. The van der Waals surface area contributed by atoms with E-state index in [9.17, 15) is 5.11 Å². The molecule has 0 saturated carbocycles. The highest BCUT2D eigenvalue weighted by atomic mass is 16.5. The average Bonchev–Trinajstić information content (AvgIpc) is 2.49. The Labute approximate surface area is 127 Å². The lowest BCUT2D eigenvalue weighted by atomic mass is 9.82. The molecule has 1 aromatic carbocycles. The second kappa shape index (κ2) is 5.98. The van der Waals surface area contributed by atoms with Crippen LogP contribution in [0.3, 0.4) is 0 Å². The molecule has 3 heteroatoms. The van der Waals surface area contributed by atoms with Crippen molar-refractivity contribution >= 4 is 0 Å². The number of ether oxygens (including phenoxy) is 1. The maximum absolute atomic E-state index is 11.1. The smallest absolute Gasteiger partial charge is 0.128 e. The third-order valence-electron chi connectivity index (χ3n) is 4.74. The summed E-state index contributed by atoms with van der Waals surface area (Å²) in [7, 11) is 0. The van der Waals surface area contributed by atoms with Gasteiger partial charge < -0.3 is 14.7 Å². The quantitative estimate of drug-likeness (QED) is 0.928. The first-order chi connectivity index (χ1) is 10.1. The van der Waals surface area contributed by atoms with Crippen LogP contribution in [-0.2, 0) is 12.0 Å². The zero-order chi connectivity index (χ0) is 14.9. The second-order valence-electron chi connectivity index (χ2n) is 6.97. The molecule has 21 heavy (non-hydrogen) atoms. The summed E-state index contributed by atoms with van der Waals surface area (Å²) in [4.78, 5) is 2.47. The van der Waals surface area contributed by atoms with E-state index in [1.54, 1.807) is 0 Å². The molecule has 2 heterocycles. The molecule has 1 N–H and O–H groups in total. The van der Waals surface area contributed by atoms with Crippen LogP contribution in [0.1, 0.15) is 44.2 Å². The van der Waals surface area contributed by atoms with Crippen molar-refractivity contribution in [3.05, 3.63) is 29.3 Å². The standard InChI is InChI=1S/C18H27NO2/c1-14(2)13-19-10-8-18(20,9-11-19)16-7-3-5-15-6-4-12-21-17(15)16/h3,5,7,14,20H,4,6,8-13H2,1-2H3. The van der Waals surface area contributed by atoms with Crippen molar-refractivity contribution in [1.29, 1.82) is 0 Å². The van der Waals surface area contributed by atoms with Gasteiger partial charge in [-0.05, 0) is 37.2 Å². The van der Waals surface area contributed by atoms with Crippen LogP contribution in [0, 0.1) is 5.92 Å². The second-order valence-corrected chi connectivity index (χ2v) is 6.97. The lowest BCUT2D eigenvalue weighted by Crippen LogP contribution is -2.44. The Kier molecular flexibility index (Phi) is 4.23. The summed E-state index contributed by atoms with van der Waals surface area (Å²) in [5.41, 5.74) is 1.57. The molecular weight excluding hydrogens is 262 g/mol. The minimum Gasteiger partial charge on any atom is -0.493 e. The Morgan fingerprint density at radius 3 is 2.76 bits per heavy atom. The van der Waals surface area contributed by atoms with Crippen LogP contribution in [0.4, 0.5) is 0 Å². The normalized spacial score (nSPS) is 21.9. The van der Waals surface area contributed by atoms with Gasteiger partial charge in [-0.2, -0.15) is 0 Å². The number of para-hydroxylation sites is 1. The molecule has 1 fully saturated rings. The van der Waals surface area contributed by atoms with E-state index in [0.717, 1.165) is 63.2 Å². The molecule has 0 aliphatic carbocycles. The average molecular weight is 289 g/mol. The molecule has 0 amide bonds. The summed E-state index contributed by atoms with van der Waals surface area (Å²) in [5, 5.41) is 11.1. The number of fused-ring (bicyclic) bond motifs is 1. The molecular formula is C18H27NO2. The summed E-state index contributed by atoms with van der Waals surface area (Å²) in [5.74, 6) is 1.65. The van der Waals surface area contributed by atoms with Gasteiger partial charge in [0, 0.05) is 25.2 Å². The minimum absolute atomic E-state index is 0.684. The van der Waals surface area contributed by atoms with Crippen molar-refractivity contribution < 1.29 is 9.84 Å². The molecule has 116 valence electrons. The van der Waals surface area contributed by atoms with Crippen LogP contribution >= 0.6 is 0 Å². The maximum Gasteiger partial charge on any atom is 0.128 e. The molecule has 0 bridgehead atoms. The minimum atomic E-state index is -0.712. The molecule has 0 spiro atoms. The lowest BCUT2D eigenvalue weighted by molar-refractivity contribution is -0.0300. The van der Waals surface area contributed by atoms with E-state index in [2.05, 4.69) is 36.9 Å². The van der Waals surface area contributed by atoms with Crippen LogP contribution in [0.2, 0.25) is 0 Å². The van der Waals surface area contributed by atoms with E-state index in [1.165, 1.54) is 5.56 Å². The van der Waals surface area contributed by atoms with Gasteiger partial charge in [-0.15, -0.1) is 0 Å². The van der Waals surface area contributed by atoms with Crippen LogP contribution < -0.4 is 4.74 Å². The third-order valence-corrected chi connectivity index (χ3v) is 4.74. The fraction of sp³-hybridized carbons (Fsp3) is 0.667. The molecule has 2 aliphatic heterocycles. The van der Waals surface area contributed by atoms with Gasteiger partial charge >= 0.3 is 0 Å². The van der Waals surface area contributed by atoms with Crippen molar-refractivity contribution in [1.82, 2.24) is 4.90 Å². The highest BCUT2D eigenvalue weighted by Crippen LogP contribution is 2.41. The van der Waals surface area contributed by atoms with Gasteiger partial charge in [0.25, 0.3) is 0 Å². The van der Waals surface area contributed by atoms with E-state index < -0.39 is 5.60 Å². The van der Waals surface area contributed by atoms with Gasteiger partial charge in [-0.3, -0.25) is 0 Å². The highest BCUT2D eigenvalue weighted by molar-refractivity contribution is 5.46. The SMILES string of the molecule is CC(C)CN1CCC(O)(c2cccc3c2OCCC3)CC1. The Hall–Kier alpha value is -1.06. The van der Waals surface area contributed by atoms with Crippen LogP contribution in [0.5, 0.6) is 5.75 Å². The molecule has 0 radical (unpaired) electrons. The highest BCUT2D eigenvalue weighted by Gasteiger charge is 2.37. The number of aryl methyl sites for hydroxylation is 1. The van der Waals surface area contributed by atoms with E-state index in [-0.39, 0.29) is 0 Å². The number of hydrogen-bond acceptors (Lipinski definition) is 3. The molecule has 3 rings (SSSR count). The topological polar surface area (TPSA) is 32.7 Å². The largest absolute Gasteiger partial charge is 0.493 e. The third kappa shape index (κ3) is 3.09. The first-order valence-corrected chi connectivity index (χ1v) is 8.28. The fourth-order valence-corrected chi connectivity index (χ4v) is 3.65. The number of hydrogen-bond donors (Lipinski definition) is 1. The summed E-state index contributed by atoms with van der Waals surface area (Å²) in [6, 6.07) is 6.26. The van der Waals surface area contributed by atoms with Crippen molar-refractivity contribution in [3.63, 3.8) is 0 Å².